The minimum absolute atomic E-state index is 0.0608. The molecule has 4 heteroatoms. The van der Waals surface area contributed by atoms with Crippen LogP contribution in [-0.4, -0.2) is 20.9 Å². The molecule has 0 unspecified atom stereocenters. The molecule has 0 aliphatic carbocycles. The van der Waals surface area contributed by atoms with Gasteiger partial charge in [-0.2, -0.15) is 5.10 Å². The first-order chi connectivity index (χ1) is 8.49. The van der Waals surface area contributed by atoms with Crippen molar-refractivity contribution in [2.75, 3.05) is 0 Å². The van der Waals surface area contributed by atoms with Gasteiger partial charge in [0.15, 0.2) is 0 Å². The Morgan fingerprint density at radius 2 is 1.89 bits per heavy atom. The highest BCUT2D eigenvalue weighted by Gasteiger charge is 2.11. The van der Waals surface area contributed by atoms with E-state index in [0.29, 0.717) is 0 Å². The van der Waals surface area contributed by atoms with Crippen molar-refractivity contribution in [3.8, 4) is 11.1 Å². The lowest BCUT2D eigenvalue weighted by atomic mass is 10.0. The molecule has 0 fully saturated rings. The van der Waals surface area contributed by atoms with Gasteiger partial charge in [0.2, 0.25) is 0 Å². The maximum Gasteiger partial charge on any atom is 0.307 e. The summed E-state index contributed by atoms with van der Waals surface area (Å²) >= 11 is 0. The Hall–Kier alpha value is -2.10. The molecule has 2 aromatic rings. The van der Waals surface area contributed by atoms with Crippen LogP contribution in [-0.2, 0) is 18.3 Å². The van der Waals surface area contributed by atoms with Crippen LogP contribution < -0.4 is 0 Å². The lowest BCUT2D eigenvalue weighted by molar-refractivity contribution is -0.136. The van der Waals surface area contributed by atoms with E-state index in [-0.39, 0.29) is 6.42 Å². The number of aromatic nitrogens is 2. The zero-order chi connectivity index (χ0) is 13.3. The summed E-state index contributed by atoms with van der Waals surface area (Å²) in [6, 6.07) is 7.62. The van der Waals surface area contributed by atoms with E-state index < -0.39 is 5.97 Å². The van der Waals surface area contributed by atoms with Gasteiger partial charge in [-0.05, 0) is 25.0 Å². The maximum absolute atomic E-state index is 10.6. The predicted molar refractivity (Wildman–Crippen MR) is 69.5 cm³/mol. The normalized spacial score (nSPS) is 10.6. The van der Waals surface area contributed by atoms with E-state index in [9.17, 15) is 4.79 Å². The van der Waals surface area contributed by atoms with Crippen LogP contribution in [0.1, 0.15) is 17.0 Å². The van der Waals surface area contributed by atoms with Crippen LogP contribution in [0.2, 0.25) is 0 Å². The van der Waals surface area contributed by atoms with Crippen molar-refractivity contribution in [1.82, 2.24) is 9.78 Å². The van der Waals surface area contributed by atoms with E-state index in [1.54, 1.807) is 0 Å². The summed E-state index contributed by atoms with van der Waals surface area (Å²) in [7, 11) is 1.92. The van der Waals surface area contributed by atoms with E-state index in [0.717, 1.165) is 28.1 Å². The summed E-state index contributed by atoms with van der Waals surface area (Å²) in [5, 5.41) is 13.1. The Balaban J connectivity index is 2.37. The van der Waals surface area contributed by atoms with Gasteiger partial charge >= 0.3 is 5.97 Å². The van der Waals surface area contributed by atoms with Crippen LogP contribution in [0.4, 0.5) is 0 Å². The first-order valence-corrected chi connectivity index (χ1v) is 5.80. The molecule has 0 aliphatic heterocycles. The number of benzene rings is 1. The number of carbonyl (C=O) groups is 1. The Morgan fingerprint density at radius 3 is 2.33 bits per heavy atom. The summed E-state index contributed by atoms with van der Waals surface area (Å²) in [5.41, 5.74) is 5.11. The van der Waals surface area contributed by atoms with Crippen LogP contribution in [0.15, 0.2) is 24.3 Å². The molecule has 1 aromatic heterocycles. The van der Waals surface area contributed by atoms with Crippen LogP contribution in [0.25, 0.3) is 11.1 Å². The molecule has 0 radical (unpaired) electrons. The quantitative estimate of drug-likeness (QED) is 0.901. The zero-order valence-corrected chi connectivity index (χ0v) is 10.8. The number of hydrogen-bond donors (Lipinski definition) is 1. The minimum Gasteiger partial charge on any atom is -0.481 e. The monoisotopic (exact) mass is 244 g/mol. The molecule has 1 N–H and O–H groups in total. The Labute approximate surface area is 106 Å². The van der Waals surface area contributed by atoms with E-state index in [1.807, 2.05) is 49.8 Å². The number of aliphatic carboxylic acids is 1. The smallest absolute Gasteiger partial charge is 0.307 e. The second-order valence-corrected chi connectivity index (χ2v) is 4.44. The molecule has 0 aliphatic rings. The molecule has 0 saturated heterocycles. The lowest BCUT2D eigenvalue weighted by Crippen LogP contribution is -1.99. The Morgan fingerprint density at radius 1 is 1.28 bits per heavy atom. The van der Waals surface area contributed by atoms with Crippen molar-refractivity contribution < 1.29 is 9.90 Å². The molecule has 1 heterocycles. The standard InChI is InChI=1S/C14H16N2O2/c1-9-14(10(2)16(3)15-9)12-6-4-11(5-7-12)8-13(17)18/h4-7H,8H2,1-3H3,(H,17,18). The van der Waals surface area contributed by atoms with Crippen LogP contribution in [0.5, 0.6) is 0 Å². The van der Waals surface area contributed by atoms with Crippen molar-refractivity contribution in [1.29, 1.82) is 0 Å². The molecule has 1 aromatic carbocycles. The largest absolute Gasteiger partial charge is 0.481 e. The average Bonchev–Trinajstić information content (AvgIpc) is 2.54. The minimum atomic E-state index is -0.809. The van der Waals surface area contributed by atoms with Crippen LogP contribution in [0, 0.1) is 13.8 Å². The molecular weight excluding hydrogens is 228 g/mol. The number of rotatable bonds is 3. The van der Waals surface area contributed by atoms with Crippen molar-refractivity contribution in [3.63, 3.8) is 0 Å². The van der Waals surface area contributed by atoms with E-state index in [1.165, 1.54) is 0 Å². The summed E-state index contributed by atoms with van der Waals surface area (Å²) in [4.78, 5) is 10.6. The fraction of sp³-hybridized carbons (Fsp3) is 0.286. The number of nitrogens with zero attached hydrogens (tertiary/aromatic N) is 2. The van der Waals surface area contributed by atoms with Gasteiger partial charge in [-0.25, -0.2) is 0 Å². The van der Waals surface area contributed by atoms with E-state index in [2.05, 4.69) is 5.10 Å². The van der Waals surface area contributed by atoms with Gasteiger partial charge in [0.25, 0.3) is 0 Å². The van der Waals surface area contributed by atoms with Gasteiger partial charge in [0.05, 0.1) is 12.1 Å². The fourth-order valence-electron chi connectivity index (χ4n) is 2.16. The summed E-state index contributed by atoms with van der Waals surface area (Å²) in [6.45, 7) is 4.01. The second-order valence-electron chi connectivity index (χ2n) is 4.44. The second kappa shape index (κ2) is 4.64. The van der Waals surface area contributed by atoms with Gasteiger partial charge in [-0.1, -0.05) is 24.3 Å². The van der Waals surface area contributed by atoms with Crippen molar-refractivity contribution >= 4 is 5.97 Å². The highest BCUT2D eigenvalue weighted by Crippen LogP contribution is 2.26. The van der Waals surface area contributed by atoms with Crippen molar-refractivity contribution in [3.05, 3.63) is 41.2 Å². The predicted octanol–water partition coefficient (Wildman–Crippen LogP) is 2.33. The SMILES string of the molecule is Cc1nn(C)c(C)c1-c1ccc(CC(=O)O)cc1. The molecule has 0 saturated carbocycles. The lowest BCUT2D eigenvalue weighted by Gasteiger charge is -2.04. The molecule has 0 amide bonds. The molecule has 0 spiro atoms. The average molecular weight is 244 g/mol. The molecule has 2 rings (SSSR count). The van der Waals surface area contributed by atoms with Gasteiger partial charge in [-0.3, -0.25) is 9.48 Å². The topological polar surface area (TPSA) is 55.1 Å². The third-order valence-electron chi connectivity index (χ3n) is 3.11. The third-order valence-corrected chi connectivity index (χ3v) is 3.11. The summed E-state index contributed by atoms with van der Waals surface area (Å²) < 4.78 is 1.86. The summed E-state index contributed by atoms with van der Waals surface area (Å²) in [5.74, 6) is -0.809. The van der Waals surface area contributed by atoms with Gasteiger partial charge in [0, 0.05) is 18.3 Å². The van der Waals surface area contributed by atoms with Gasteiger partial charge in [-0.15, -0.1) is 0 Å². The first-order valence-electron chi connectivity index (χ1n) is 5.80. The van der Waals surface area contributed by atoms with Gasteiger partial charge < -0.3 is 5.11 Å². The number of carboxylic acid groups (broad SMARTS) is 1. The maximum atomic E-state index is 10.6. The zero-order valence-electron chi connectivity index (χ0n) is 10.8. The third kappa shape index (κ3) is 2.27. The van der Waals surface area contributed by atoms with Crippen LogP contribution >= 0.6 is 0 Å². The number of aryl methyl sites for hydroxylation is 2. The fourth-order valence-corrected chi connectivity index (χ4v) is 2.16. The highest BCUT2D eigenvalue weighted by molar-refractivity contribution is 5.72. The van der Waals surface area contributed by atoms with E-state index >= 15 is 0 Å². The molecule has 0 atom stereocenters. The Kier molecular flexibility index (Phi) is 3.19. The molecule has 94 valence electrons. The first kappa shape index (κ1) is 12.4. The molecule has 4 nitrogen and oxygen atoms in total. The molecular formula is C14H16N2O2. The molecule has 0 bridgehead atoms. The van der Waals surface area contributed by atoms with Crippen LogP contribution in [0.3, 0.4) is 0 Å². The summed E-state index contributed by atoms with van der Waals surface area (Å²) in [6.07, 6.45) is 0.0608. The van der Waals surface area contributed by atoms with E-state index in [4.69, 9.17) is 5.11 Å². The van der Waals surface area contributed by atoms with Crippen molar-refractivity contribution in [2.45, 2.75) is 20.3 Å². The van der Waals surface area contributed by atoms with Gasteiger partial charge in [0.1, 0.15) is 0 Å². The molecule has 18 heavy (non-hydrogen) atoms. The number of hydrogen-bond acceptors (Lipinski definition) is 2. The number of carboxylic acids is 1. The van der Waals surface area contributed by atoms with Crippen molar-refractivity contribution in [2.24, 2.45) is 7.05 Å². The highest BCUT2D eigenvalue weighted by atomic mass is 16.4. The Bertz CT molecular complexity index is 583.